The van der Waals surface area contributed by atoms with Crippen LogP contribution in [-0.2, 0) is 4.79 Å². The van der Waals surface area contributed by atoms with Crippen LogP contribution < -0.4 is 4.90 Å². The average Bonchev–Trinajstić information content (AvgIpc) is 2.63. The molecule has 1 saturated heterocycles. The van der Waals surface area contributed by atoms with Crippen LogP contribution in [0.4, 0.5) is 11.4 Å². The molecule has 0 aromatic heterocycles. The number of carboxylic acid groups (broad SMARTS) is 1. The highest BCUT2D eigenvalue weighted by atomic mass is 79.9. The summed E-state index contributed by atoms with van der Waals surface area (Å²) in [6, 6.07) is 4.71. The van der Waals surface area contributed by atoms with E-state index >= 15 is 0 Å². The number of carboxylic acids is 1. The lowest BCUT2D eigenvalue weighted by molar-refractivity contribution is -0.384. The molecule has 0 unspecified atom stereocenters. The molecule has 0 bridgehead atoms. The fourth-order valence-electron chi connectivity index (χ4n) is 2.43. The van der Waals surface area contributed by atoms with Gasteiger partial charge in [0.15, 0.2) is 0 Å². The second-order valence-electron chi connectivity index (χ2n) is 4.90. The van der Waals surface area contributed by atoms with Crippen molar-refractivity contribution in [2.75, 3.05) is 37.6 Å². The van der Waals surface area contributed by atoms with Crippen molar-refractivity contribution in [2.24, 2.45) is 0 Å². The number of hydrogen-bond donors (Lipinski definition) is 1. The zero-order valence-electron chi connectivity index (χ0n) is 11.4. The van der Waals surface area contributed by atoms with Gasteiger partial charge >= 0.3 is 5.97 Å². The van der Waals surface area contributed by atoms with E-state index in [0.717, 1.165) is 25.2 Å². The van der Waals surface area contributed by atoms with Crippen molar-refractivity contribution in [3.63, 3.8) is 0 Å². The molecule has 1 fully saturated rings. The molecule has 0 radical (unpaired) electrons. The molecule has 1 heterocycles. The molecule has 1 aromatic carbocycles. The molecule has 1 aliphatic rings. The quantitative estimate of drug-likeness (QED) is 0.654. The van der Waals surface area contributed by atoms with Crippen molar-refractivity contribution in [3.8, 4) is 0 Å². The van der Waals surface area contributed by atoms with Crippen molar-refractivity contribution < 1.29 is 14.8 Å². The summed E-state index contributed by atoms with van der Waals surface area (Å²) in [5, 5.41) is 19.6. The van der Waals surface area contributed by atoms with Crippen molar-refractivity contribution in [3.05, 3.63) is 32.8 Å². The van der Waals surface area contributed by atoms with Crippen LogP contribution in [0.5, 0.6) is 0 Å². The molecule has 1 N–H and O–H groups in total. The molecule has 0 spiro atoms. The fraction of sp³-hybridized carbons (Fsp3) is 0.462. The Labute approximate surface area is 130 Å². The van der Waals surface area contributed by atoms with Crippen LogP contribution in [0.25, 0.3) is 0 Å². The van der Waals surface area contributed by atoms with E-state index in [0.29, 0.717) is 17.6 Å². The first-order valence-electron chi connectivity index (χ1n) is 6.60. The maximum absolute atomic E-state index is 10.8. The number of hydrogen-bond acceptors (Lipinski definition) is 5. The van der Waals surface area contributed by atoms with Gasteiger partial charge in [-0.05, 0) is 28.4 Å². The Hall–Kier alpha value is -1.67. The zero-order chi connectivity index (χ0) is 15.4. The van der Waals surface area contributed by atoms with Gasteiger partial charge < -0.3 is 10.0 Å². The Kier molecular flexibility index (Phi) is 5.13. The normalized spacial score (nSPS) is 16.5. The van der Waals surface area contributed by atoms with E-state index in [4.69, 9.17) is 5.11 Å². The lowest BCUT2D eigenvalue weighted by atomic mass is 10.2. The third kappa shape index (κ3) is 4.15. The number of anilines is 1. The maximum atomic E-state index is 10.8. The zero-order valence-corrected chi connectivity index (χ0v) is 13.0. The number of non-ortho nitro benzene ring substituents is 1. The largest absolute Gasteiger partial charge is 0.480 e. The first-order valence-corrected chi connectivity index (χ1v) is 7.39. The van der Waals surface area contributed by atoms with E-state index < -0.39 is 10.9 Å². The summed E-state index contributed by atoms with van der Waals surface area (Å²) in [5.41, 5.74) is 0.950. The lowest BCUT2D eigenvalue weighted by Gasteiger charge is -2.24. The Balaban J connectivity index is 2.08. The van der Waals surface area contributed by atoms with Gasteiger partial charge in [0.05, 0.1) is 17.2 Å². The lowest BCUT2D eigenvalue weighted by Crippen LogP contribution is -2.34. The minimum absolute atomic E-state index is 0.0490. The number of carbonyl (C=O) groups is 1. The average molecular weight is 358 g/mol. The number of nitro groups is 1. The third-order valence-electron chi connectivity index (χ3n) is 3.43. The fourth-order valence-corrected chi connectivity index (χ4v) is 3.04. The van der Waals surface area contributed by atoms with Gasteiger partial charge in [0.25, 0.3) is 5.69 Å². The van der Waals surface area contributed by atoms with Gasteiger partial charge in [-0.2, -0.15) is 0 Å². The monoisotopic (exact) mass is 357 g/mol. The molecule has 2 rings (SSSR count). The van der Waals surface area contributed by atoms with Crippen molar-refractivity contribution >= 4 is 33.3 Å². The minimum atomic E-state index is -0.819. The van der Waals surface area contributed by atoms with Crippen molar-refractivity contribution in [2.45, 2.75) is 6.42 Å². The molecule has 8 heteroatoms. The molecule has 21 heavy (non-hydrogen) atoms. The molecule has 114 valence electrons. The van der Waals surface area contributed by atoms with E-state index in [1.54, 1.807) is 6.07 Å². The molecule has 1 aliphatic heterocycles. The van der Waals surface area contributed by atoms with Gasteiger partial charge in [-0.15, -0.1) is 0 Å². The predicted octanol–water partition coefficient (Wildman–Crippen LogP) is 1.95. The van der Waals surface area contributed by atoms with Crippen LogP contribution in [0.3, 0.4) is 0 Å². The number of nitro benzene ring substituents is 1. The standard InChI is InChI=1S/C13H16BrN3O4/c14-11-8-10(17(20)21)2-3-12(11)16-5-1-4-15(6-7-16)9-13(18)19/h2-3,8H,1,4-7,9H2,(H,18,19). The van der Waals surface area contributed by atoms with E-state index in [1.807, 2.05) is 4.90 Å². The van der Waals surface area contributed by atoms with Gasteiger partial charge in [0.2, 0.25) is 0 Å². The molecule has 0 amide bonds. The SMILES string of the molecule is O=C(O)CN1CCCN(c2ccc([N+](=O)[O-])cc2Br)CC1. The van der Waals surface area contributed by atoms with Crippen LogP contribution >= 0.6 is 15.9 Å². The summed E-state index contributed by atoms with van der Waals surface area (Å²) < 4.78 is 0.684. The number of halogens is 1. The molecular weight excluding hydrogens is 342 g/mol. The van der Waals surface area contributed by atoms with Crippen LogP contribution in [-0.4, -0.2) is 53.6 Å². The van der Waals surface area contributed by atoms with Gasteiger partial charge in [-0.25, -0.2) is 0 Å². The molecule has 1 aromatic rings. The van der Waals surface area contributed by atoms with Crippen LogP contribution in [0.15, 0.2) is 22.7 Å². The molecular formula is C13H16BrN3O4. The number of nitrogens with zero attached hydrogens (tertiary/aromatic N) is 3. The van der Waals surface area contributed by atoms with Crippen molar-refractivity contribution in [1.29, 1.82) is 0 Å². The molecule has 7 nitrogen and oxygen atoms in total. The number of aliphatic carboxylic acids is 1. The maximum Gasteiger partial charge on any atom is 0.317 e. The minimum Gasteiger partial charge on any atom is -0.480 e. The Morgan fingerprint density at radius 1 is 1.33 bits per heavy atom. The summed E-state index contributed by atoms with van der Waals surface area (Å²) in [6.07, 6.45) is 0.858. The highest BCUT2D eigenvalue weighted by molar-refractivity contribution is 9.10. The van der Waals surface area contributed by atoms with Gasteiger partial charge in [-0.3, -0.25) is 19.8 Å². The Morgan fingerprint density at radius 3 is 2.71 bits per heavy atom. The Morgan fingerprint density at radius 2 is 2.10 bits per heavy atom. The van der Waals surface area contributed by atoms with Gasteiger partial charge in [-0.1, -0.05) is 0 Å². The van der Waals surface area contributed by atoms with E-state index in [2.05, 4.69) is 20.8 Å². The van der Waals surface area contributed by atoms with Gasteiger partial charge in [0, 0.05) is 42.8 Å². The first kappa shape index (κ1) is 15.7. The number of rotatable bonds is 4. The van der Waals surface area contributed by atoms with E-state index in [-0.39, 0.29) is 12.2 Å². The van der Waals surface area contributed by atoms with Crippen molar-refractivity contribution in [1.82, 2.24) is 4.90 Å². The second kappa shape index (κ2) is 6.86. The topological polar surface area (TPSA) is 86.9 Å². The second-order valence-corrected chi connectivity index (χ2v) is 5.76. The van der Waals surface area contributed by atoms with Crippen LogP contribution in [0.2, 0.25) is 0 Å². The predicted molar refractivity (Wildman–Crippen MR) is 81.7 cm³/mol. The summed E-state index contributed by atoms with van der Waals surface area (Å²) in [7, 11) is 0. The first-order chi connectivity index (χ1) is 9.97. The summed E-state index contributed by atoms with van der Waals surface area (Å²) in [4.78, 5) is 25.1. The highest BCUT2D eigenvalue weighted by Crippen LogP contribution is 2.30. The molecule has 0 aliphatic carbocycles. The van der Waals surface area contributed by atoms with Crippen LogP contribution in [0, 0.1) is 10.1 Å². The summed E-state index contributed by atoms with van der Waals surface area (Å²) in [6.45, 7) is 2.95. The Bertz CT molecular complexity index is 552. The van der Waals surface area contributed by atoms with E-state index in [9.17, 15) is 14.9 Å². The third-order valence-corrected chi connectivity index (χ3v) is 4.07. The molecule has 0 saturated carbocycles. The summed E-state index contributed by atoms with van der Waals surface area (Å²) in [5.74, 6) is -0.819. The highest BCUT2D eigenvalue weighted by Gasteiger charge is 2.19. The smallest absolute Gasteiger partial charge is 0.317 e. The number of benzene rings is 1. The van der Waals surface area contributed by atoms with Crippen LogP contribution in [0.1, 0.15) is 6.42 Å². The molecule has 0 atom stereocenters. The van der Waals surface area contributed by atoms with Gasteiger partial charge in [0.1, 0.15) is 0 Å². The van der Waals surface area contributed by atoms with E-state index in [1.165, 1.54) is 12.1 Å². The summed E-state index contributed by atoms with van der Waals surface area (Å²) >= 11 is 3.38.